The first-order valence-electron chi connectivity index (χ1n) is 8.94. The summed E-state index contributed by atoms with van der Waals surface area (Å²) in [6.45, 7) is 0.241. The van der Waals surface area contributed by atoms with Gasteiger partial charge >= 0.3 is 0 Å². The highest BCUT2D eigenvalue weighted by molar-refractivity contribution is 5.98. The minimum atomic E-state index is -0.621. The number of nitrogens with zero attached hydrogens (tertiary/aromatic N) is 3. The lowest BCUT2D eigenvalue weighted by Crippen LogP contribution is -2.42. The number of hydrogen-bond donors (Lipinski definition) is 2. The molecule has 0 saturated heterocycles. The third kappa shape index (κ3) is 5.07. The van der Waals surface area contributed by atoms with Gasteiger partial charge in [-0.3, -0.25) is 25.2 Å². The number of aromatic nitrogens is 2. The summed E-state index contributed by atoms with van der Waals surface area (Å²) >= 11 is 0. The van der Waals surface area contributed by atoms with Gasteiger partial charge in [0.1, 0.15) is 0 Å². The fraction of sp³-hybridized carbons (Fsp3) is 0.143. The molecule has 2 N–H and O–H groups in total. The van der Waals surface area contributed by atoms with Crippen molar-refractivity contribution >= 4 is 17.5 Å². The number of nitrogens with one attached hydrogen (secondary N) is 2. The molecule has 1 heterocycles. The molecule has 0 unspecified atom stereocenters. The first-order valence-corrected chi connectivity index (χ1v) is 8.94. The average molecular weight is 391 g/mol. The van der Waals surface area contributed by atoms with Gasteiger partial charge in [-0.25, -0.2) is 4.68 Å². The molecule has 148 valence electrons. The Kier molecular flexibility index (Phi) is 6.03. The van der Waals surface area contributed by atoms with Crippen molar-refractivity contribution in [2.24, 2.45) is 0 Å². The molecule has 0 radical (unpaired) electrons. The molecule has 0 bridgehead atoms. The molecular weight excluding hydrogens is 370 g/mol. The van der Waals surface area contributed by atoms with Gasteiger partial charge in [0.2, 0.25) is 0 Å². The molecule has 0 spiro atoms. The Hall–Kier alpha value is -3.94. The van der Waals surface area contributed by atoms with Crippen molar-refractivity contribution in [1.82, 2.24) is 20.6 Å². The number of hydrogen-bond acceptors (Lipinski definition) is 5. The topological polar surface area (TPSA) is 96.3 Å². The molecule has 1 aromatic heterocycles. The zero-order valence-electron chi connectivity index (χ0n) is 16.1. The Morgan fingerprint density at radius 1 is 0.931 bits per heavy atom. The minimum Gasteiger partial charge on any atom is -0.378 e. The molecular formula is C21H21N5O3. The molecule has 2 amide bonds. The molecule has 3 rings (SSSR count). The Bertz CT molecular complexity index is 1080. The summed E-state index contributed by atoms with van der Waals surface area (Å²) in [5, 5.41) is 4.09. The van der Waals surface area contributed by atoms with Crippen LogP contribution in [-0.2, 0) is 6.54 Å². The monoisotopic (exact) mass is 391 g/mol. The molecule has 0 aliphatic carbocycles. The maximum absolute atomic E-state index is 12.4. The normalized spacial score (nSPS) is 10.3. The highest BCUT2D eigenvalue weighted by atomic mass is 16.2. The number of hydrazine groups is 1. The number of benzene rings is 2. The molecule has 3 aromatic rings. The van der Waals surface area contributed by atoms with Crippen LogP contribution in [0.15, 0.2) is 71.5 Å². The number of carbonyl (C=O) groups excluding carboxylic acids is 2. The first-order chi connectivity index (χ1) is 13.9. The van der Waals surface area contributed by atoms with Crippen LogP contribution in [0.4, 0.5) is 5.69 Å². The molecule has 0 aliphatic rings. The second kappa shape index (κ2) is 8.83. The maximum Gasteiger partial charge on any atom is 0.290 e. The van der Waals surface area contributed by atoms with E-state index < -0.39 is 11.8 Å². The predicted molar refractivity (Wildman–Crippen MR) is 110 cm³/mol. The van der Waals surface area contributed by atoms with E-state index >= 15 is 0 Å². The van der Waals surface area contributed by atoms with Crippen LogP contribution in [-0.4, -0.2) is 35.7 Å². The fourth-order valence-electron chi connectivity index (χ4n) is 2.61. The summed E-state index contributed by atoms with van der Waals surface area (Å²) in [6, 6.07) is 18.9. The molecule has 0 fully saturated rings. The van der Waals surface area contributed by atoms with Crippen molar-refractivity contribution in [2.75, 3.05) is 19.0 Å². The van der Waals surface area contributed by atoms with Crippen molar-refractivity contribution in [2.45, 2.75) is 6.54 Å². The summed E-state index contributed by atoms with van der Waals surface area (Å²) in [4.78, 5) is 38.6. The number of carbonyl (C=O) groups is 2. The number of anilines is 1. The summed E-state index contributed by atoms with van der Waals surface area (Å²) in [5.41, 5.74) is 6.53. The van der Waals surface area contributed by atoms with Crippen LogP contribution in [0.5, 0.6) is 0 Å². The molecule has 8 heteroatoms. The zero-order chi connectivity index (χ0) is 20.8. The third-order valence-corrected chi connectivity index (χ3v) is 4.19. The summed E-state index contributed by atoms with van der Waals surface area (Å²) in [5.74, 6) is -1.08. The van der Waals surface area contributed by atoms with E-state index in [0.717, 1.165) is 11.3 Å². The average Bonchev–Trinajstić information content (AvgIpc) is 2.74. The Morgan fingerprint density at radius 2 is 1.66 bits per heavy atom. The number of amides is 2. The second-order valence-corrected chi connectivity index (χ2v) is 6.55. The van der Waals surface area contributed by atoms with Crippen LogP contribution in [0.3, 0.4) is 0 Å². The van der Waals surface area contributed by atoms with Crippen LogP contribution in [0.25, 0.3) is 0 Å². The van der Waals surface area contributed by atoms with Crippen molar-refractivity contribution in [1.29, 1.82) is 0 Å². The standard InChI is InChI=1S/C21H21N5O3/c1-25(2)17-10-6-9-16(13-17)20(28)22-23-21(29)18-11-12-19(27)26(24-18)14-15-7-4-3-5-8-15/h3-13H,14H2,1-2H3,(H,22,28)(H,23,29). The van der Waals surface area contributed by atoms with E-state index in [2.05, 4.69) is 16.0 Å². The van der Waals surface area contributed by atoms with Gasteiger partial charge in [-0.2, -0.15) is 5.10 Å². The lowest BCUT2D eigenvalue weighted by molar-refractivity contribution is 0.0842. The molecule has 0 atom stereocenters. The van der Waals surface area contributed by atoms with E-state index in [9.17, 15) is 14.4 Å². The smallest absolute Gasteiger partial charge is 0.290 e. The first kappa shape index (κ1) is 19.8. The van der Waals surface area contributed by atoms with Gasteiger partial charge in [0.05, 0.1) is 6.54 Å². The van der Waals surface area contributed by atoms with E-state index in [1.807, 2.05) is 55.4 Å². The Labute approximate surface area is 167 Å². The van der Waals surface area contributed by atoms with Gasteiger partial charge in [0, 0.05) is 31.4 Å². The van der Waals surface area contributed by atoms with Gasteiger partial charge in [0.15, 0.2) is 5.69 Å². The van der Waals surface area contributed by atoms with Crippen LogP contribution in [0, 0.1) is 0 Å². The fourth-order valence-corrected chi connectivity index (χ4v) is 2.61. The van der Waals surface area contributed by atoms with Crippen LogP contribution in [0.1, 0.15) is 26.4 Å². The van der Waals surface area contributed by atoms with E-state index in [-0.39, 0.29) is 17.8 Å². The summed E-state index contributed by atoms with van der Waals surface area (Å²) < 4.78 is 1.20. The van der Waals surface area contributed by atoms with Crippen molar-refractivity contribution in [3.8, 4) is 0 Å². The van der Waals surface area contributed by atoms with Crippen LogP contribution < -0.4 is 21.3 Å². The zero-order valence-corrected chi connectivity index (χ0v) is 16.1. The van der Waals surface area contributed by atoms with E-state index in [1.54, 1.807) is 18.2 Å². The van der Waals surface area contributed by atoms with E-state index in [1.165, 1.54) is 16.8 Å². The van der Waals surface area contributed by atoms with Crippen LogP contribution >= 0.6 is 0 Å². The molecule has 0 aliphatic heterocycles. The lowest BCUT2D eigenvalue weighted by Gasteiger charge is -2.13. The van der Waals surface area contributed by atoms with Gasteiger partial charge < -0.3 is 4.90 Å². The van der Waals surface area contributed by atoms with Crippen LogP contribution in [0.2, 0.25) is 0 Å². The Morgan fingerprint density at radius 3 is 2.38 bits per heavy atom. The predicted octanol–water partition coefficient (Wildman–Crippen LogP) is 1.43. The maximum atomic E-state index is 12.4. The van der Waals surface area contributed by atoms with Gasteiger partial charge in [-0.1, -0.05) is 36.4 Å². The Balaban J connectivity index is 1.68. The minimum absolute atomic E-state index is 0.0165. The highest BCUT2D eigenvalue weighted by Gasteiger charge is 2.12. The van der Waals surface area contributed by atoms with Gasteiger partial charge in [0.25, 0.3) is 17.4 Å². The number of rotatable bonds is 5. The van der Waals surface area contributed by atoms with E-state index in [4.69, 9.17) is 0 Å². The SMILES string of the molecule is CN(C)c1cccc(C(=O)NNC(=O)c2ccc(=O)n(Cc3ccccc3)n2)c1. The molecule has 2 aromatic carbocycles. The van der Waals surface area contributed by atoms with Crippen molar-refractivity contribution in [3.05, 3.63) is 93.9 Å². The lowest BCUT2D eigenvalue weighted by atomic mass is 10.2. The largest absolute Gasteiger partial charge is 0.378 e. The van der Waals surface area contributed by atoms with Gasteiger partial charge in [-0.15, -0.1) is 0 Å². The quantitative estimate of drug-likeness (QED) is 0.642. The summed E-state index contributed by atoms with van der Waals surface area (Å²) in [6.07, 6.45) is 0. The highest BCUT2D eigenvalue weighted by Crippen LogP contribution is 2.13. The molecule has 0 saturated carbocycles. The third-order valence-electron chi connectivity index (χ3n) is 4.19. The molecule has 8 nitrogen and oxygen atoms in total. The van der Waals surface area contributed by atoms with Gasteiger partial charge in [-0.05, 0) is 29.8 Å². The summed E-state index contributed by atoms with van der Waals surface area (Å²) in [7, 11) is 3.74. The molecule has 29 heavy (non-hydrogen) atoms. The van der Waals surface area contributed by atoms with Crippen molar-refractivity contribution in [3.63, 3.8) is 0 Å². The van der Waals surface area contributed by atoms with E-state index in [0.29, 0.717) is 5.56 Å². The van der Waals surface area contributed by atoms with Crippen molar-refractivity contribution < 1.29 is 9.59 Å². The second-order valence-electron chi connectivity index (χ2n) is 6.55.